The first kappa shape index (κ1) is 15.0. The Kier molecular flexibility index (Phi) is 6.18. The molecule has 0 radical (unpaired) electrons. The van der Waals surface area contributed by atoms with Crippen LogP contribution in [0, 0.1) is 0 Å². The lowest BCUT2D eigenvalue weighted by atomic mass is 10.1. The van der Waals surface area contributed by atoms with Crippen molar-refractivity contribution in [3.8, 4) is 0 Å². The lowest BCUT2D eigenvalue weighted by Crippen LogP contribution is -2.13. The van der Waals surface area contributed by atoms with Crippen LogP contribution in [0.4, 0.5) is 0 Å². The summed E-state index contributed by atoms with van der Waals surface area (Å²) in [5.41, 5.74) is 1.22. The molecule has 0 aromatic carbocycles. The molecule has 1 aromatic heterocycles. The number of esters is 1. The third-order valence-electron chi connectivity index (χ3n) is 2.44. The quantitative estimate of drug-likeness (QED) is 0.563. The number of rotatable bonds is 7. The van der Waals surface area contributed by atoms with Gasteiger partial charge in [-0.25, -0.2) is 9.48 Å². The summed E-state index contributed by atoms with van der Waals surface area (Å²) in [6.45, 7) is 9.11. The van der Waals surface area contributed by atoms with Crippen LogP contribution < -0.4 is 0 Å². The second-order valence-corrected chi connectivity index (χ2v) is 5.51. The molecule has 0 aliphatic heterocycles. The van der Waals surface area contributed by atoms with Gasteiger partial charge < -0.3 is 4.74 Å². The van der Waals surface area contributed by atoms with Gasteiger partial charge in [0.25, 0.3) is 0 Å². The zero-order valence-electron chi connectivity index (χ0n) is 11.5. The molecule has 0 spiro atoms. The van der Waals surface area contributed by atoms with Crippen LogP contribution >= 0.6 is 11.8 Å². The number of thioether (sulfide) groups is 1. The number of aromatic nitrogens is 3. The summed E-state index contributed by atoms with van der Waals surface area (Å²) in [6, 6.07) is 0. The van der Waals surface area contributed by atoms with Gasteiger partial charge in [0.15, 0.2) is 5.69 Å². The SMILES string of the molecule is CCOC(=O)c1nnn(CCSCC)c1C(C)C. The average Bonchev–Trinajstić information content (AvgIpc) is 2.74. The van der Waals surface area contributed by atoms with Gasteiger partial charge in [0.2, 0.25) is 0 Å². The Labute approximate surface area is 112 Å². The minimum Gasteiger partial charge on any atom is -0.461 e. The maximum atomic E-state index is 11.8. The molecule has 0 unspecified atom stereocenters. The molecule has 5 nitrogen and oxygen atoms in total. The van der Waals surface area contributed by atoms with E-state index >= 15 is 0 Å². The Morgan fingerprint density at radius 3 is 2.72 bits per heavy atom. The van der Waals surface area contributed by atoms with Crippen LogP contribution in [-0.2, 0) is 11.3 Å². The van der Waals surface area contributed by atoms with Gasteiger partial charge in [-0.05, 0) is 18.6 Å². The third-order valence-corrected chi connectivity index (χ3v) is 3.32. The van der Waals surface area contributed by atoms with E-state index < -0.39 is 0 Å². The third kappa shape index (κ3) is 3.73. The normalized spacial score (nSPS) is 10.9. The Hall–Kier alpha value is -1.04. The zero-order chi connectivity index (χ0) is 13.5. The number of carbonyl (C=O) groups excluding carboxylic acids is 1. The lowest BCUT2D eigenvalue weighted by molar-refractivity contribution is 0.0517. The Morgan fingerprint density at radius 1 is 1.44 bits per heavy atom. The molecule has 0 saturated carbocycles. The summed E-state index contributed by atoms with van der Waals surface area (Å²) < 4.78 is 6.82. The highest BCUT2D eigenvalue weighted by Gasteiger charge is 2.22. The second-order valence-electron chi connectivity index (χ2n) is 4.12. The molecular formula is C12H21N3O2S. The number of aryl methyl sites for hydroxylation is 1. The molecule has 6 heteroatoms. The molecule has 0 amide bonds. The van der Waals surface area contributed by atoms with E-state index in [4.69, 9.17) is 4.74 Å². The number of hydrogen-bond acceptors (Lipinski definition) is 5. The topological polar surface area (TPSA) is 57.0 Å². The van der Waals surface area contributed by atoms with Crippen molar-refractivity contribution >= 4 is 17.7 Å². The Balaban J connectivity index is 2.88. The molecule has 0 bridgehead atoms. The van der Waals surface area contributed by atoms with Gasteiger partial charge in [0.1, 0.15) is 0 Å². The van der Waals surface area contributed by atoms with E-state index in [1.807, 2.05) is 30.3 Å². The first-order chi connectivity index (χ1) is 8.61. The van der Waals surface area contributed by atoms with Gasteiger partial charge in [0, 0.05) is 5.75 Å². The summed E-state index contributed by atoms with van der Waals surface area (Å²) in [6.07, 6.45) is 0. The van der Waals surface area contributed by atoms with Crippen molar-refractivity contribution in [2.75, 3.05) is 18.1 Å². The van der Waals surface area contributed by atoms with Crippen LogP contribution in [0.25, 0.3) is 0 Å². The van der Waals surface area contributed by atoms with E-state index in [9.17, 15) is 4.79 Å². The van der Waals surface area contributed by atoms with Crippen LogP contribution in [0.3, 0.4) is 0 Å². The van der Waals surface area contributed by atoms with Crippen LogP contribution in [0.1, 0.15) is 49.8 Å². The molecule has 102 valence electrons. The monoisotopic (exact) mass is 271 g/mol. The summed E-state index contributed by atoms with van der Waals surface area (Å²) in [5, 5.41) is 8.03. The second kappa shape index (κ2) is 7.41. The Morgan fingerprint density at radius 2 is 2.17 bits per heavy atom. The van der Waals surface area contributed by atoms with Gasteiger partial charge in [0.05, 0.1) is 18.8 Å². The summed E-state index contributed by atoms with van der Waals surface area (Å²) in [5.74, 6) is 1.87. The molecule has 1 heterocycles. The van der Waals surface area contributed by atoms with Crippen molar-refractivity contribution in [3.63, 3.8) is 0 Å². The highest BCUT2D eigenvalue weighted by atomic mass is 32.2. The standard InChI is InChI=1S/C12H21N3O2S/c1-5-17-12(16)10-11(9(3)4)15(14-13-10)7-8-18-6-2/h9H,5-8H2,1-4H3. The minimum atomic E-state index is -0.379. The predicted molar refractivity (Wildman–Crippen MR) is 73.1 cm³/mol. The van der Waals surface area contributed by atoms with E-state index in [-0.39, 0.29) is 11.9 Å². The van der Waals surface area contributed by atoms with Crippen molar-refractivity contribution in [2.24, 2.45) is 0 Å². The highest BCUT2D eigenvalue weighted by Crippen LogP contribution is 2.19. The smallest absolute Gasteiger partial charge is 0.360 e. The molecule has 18 heavy (non-hydrogen) atoms. The number of nitrogens with zero attached hydrogens (tertiary/aromatic N) is 3. The first-order valence-corrected chi connectivity index (χ1v) is 7.45. The van der Waals surface area contributed by atoms with Crippen molar-refractivity contribution in [3.05, 3.63) is 11.4 Å². The maximum Gasteiger partial charge on any atom is 0.360 e. The molecule has 1 aromatic rings. The van der Waals surface area contributed by atoms with Crippen molar-refractivity contribution in [2.45, 2.75) is 40.2 Å². The number of carbonyl (C=O) groups is 1. The molecule has 0 aliphatic carbocycles. The molecular weight excluding hydrogens is 250 g/mol. The van der Waals surface area contributed by atoms with Crippen LogP contribution in [-0.4, -0.2) is 39.1 Å². The highest BCUT2D eigenvalue weighted by molar-refractivity contribution is 7.99. The average molecular weight is 271 g/mol. The van der Waals surface area contributed by atoms with Crippen molar-refractivity contribution < 1.29 is 9.53 Å². The zero-order valence-corrected chi connectivity index (χ0v) is 12.3. The van der Waals surface area contributed by atoms with Gasteiger partial charge in [-0.2, -0.15) is 11.8 Å². The maximum absolute atomic E-state index is 11.8. The van der Waals surface area contributed by atoms with Crippen molar-refractivity contribution in [1.82, 2.24) is 15.0 Å². The molecule has 0 atom stereocenters. The Bertz CT molecular complexity index is 391. The van der Waals surface area contributed by atoms with Gasteiger partial charge >= 0.3 is 5.97 Å². The molecule has 1 rings (SSSR count). The minimum absolute atomic E-state index is 0.200. The van der Waals surface area contributed by atoms with E-state index in [1.165, 1.54) is 0 Å². The first-order valence-electron chi connectivity index (χ1n) is 6.30. The van der Waals surface area contributed by atoms with Crippen LogP contribution in [0.2, 0.25) is 0 Å². The number of ether oxygens (including phenoxy) is 1. The fourth-order valence-corrected chi connectivity index (χ4v) is 2.29. The number of hydrogen-bond donors (Lipinski definition) is 0. The van der Waals surface area contributed by atoms with E-state index in [0.717, 1.165) is 23.7 Å². The molecule has 0 aliphatic rings. The molecule has 0 N–H and O–H groups in total. The molecule has 0 fully saturated rings. The summed E-state index contributed by atoms with van der Waals surface area (Å²) in [7, 11) is 0. The lowest BCUT2D eigenvalue weighted by Gasteiger charge is -2.10. The van der Waals surface area contributed by atoms with E-state index in [0.29, 0.717) is 12.3 Å². The van der Waals surface area contributed by atoms with Crippen molar-refractivity contribution in [1.29, 1.82) is 0 Å². The molecule has 0 saturated heterocycles. The predicted octanol–water partition coefficient (Wildman–Crippen LogP) is 2.33. The summed E-state index contributed by atoms with van der Waals surface area (Å²) in [4.78, 5) is 11.8. The van der Waals surface area contributed by atoms with Gasteiger partial charge in [-0.15, -0.1) is 5.10 Å². The van der Waals surface area contributed by atoms with Gasteiger partial charge in [-0.3, -0.25) is 0 Å². The van der Waals surface area contributed by atoms with Gasteiger partial charge in [-0.1, -0.05) is 26.0 Å². The van der Waals surface area contributed by atoms with E-state index in [1.54, 1.807) is 6.92 Å². The largest absolute Gasteiger partial charge is 0.461 e. The van der Waals surface area contributed by atoms with Crippen LogP contribution in [0.5, 0.6) is 0 Å². The van der Waals surface area contributed by atoms with E-state index in [2.05, 4.69) is 17.2 Å². The van der Waals surface area contributed by atoms with Crippen LogP contribution in [0.15, 0.2) is 0 Å². The summed E-state index contributed by atoms with van der Waals surface area (Å²) >= 11 is 1.85. The fraction of sp³-hybridized carbons (Fsp3) is 0.750. The fourth-order valence-electron chi connectivity index (χ4n) is 1.70.